The van der Waals surface area contributed by atoms with Gasteiger partial charge in [0.1, 0.15) is 5.78 Å². The number of ether oxygens (including phenoxy) is 1. The molecule has 0 bridgehead atoms. The van der Waals surface area contributed by atoms with E-state index in [2.05, 4.69) is 4.90 Å². The SMILES string of the molecule is CN(CC(=O)N1CCC(=O)CC1)C1CCOC1. The number of hydrogen-bond acceptors (Lipinski definition) is 4. The maximum atomic E-state index is 12.0. The van der Waals surface area contributed by atoms with Crippen molar-refractivity contribution in [3.63, 3.8) is 0 Å². The lowest BCUT2D eigenvalue weighted by molar-refractivity contribution is -0.135. The summed E-state index contributed by atoms with van der Waals surface area (Å²) in [6.45, 7) is 3.13. The van der Waals surface area contributed by atoms with Crippen molar-refractivity contribution in [1.29, 1.82) is 0 Å². The van der Waals surface area contributed by atoms with E-state index >= 15 is 0 Å². The first-order valence-corrected chi connectivity index (χ1v) is 6.24. The first-order valence-electron chi connectivity index (χ1n) is 6.24. The van der Waals surface area contributed by atoms with Gasteiger partial charge >= 0.3 is 0 Å². The molecule has 0 aromatic rings. The summed E-state index contributed by atoms with van der Waals surface area (Å²) in [5, 5.41) is 0. The minimum absolute atomic E-state index is 0.131. The molecule has 96 valence electrons. The highest BCUT2D eigenvalue weighted by Crippen LogP contribution is 2.12. The monoisotopic (exact) mass is 240 g/mol. The summed E-state index contributed by atoms with van der Waals surface area (Å²) < 4.78 is 5.31. The number of rotatable bonds is 3. The van der Waals surface area contributed by atoms with Gasteiger partial charge in [0.05, 0.1) is 13.2 Å². The summed E-state index contributed by atoms with van der Waals surface area (Å²) >= 11 is 0. The second kappa shape index (κ2) is 5.60. The number of carbonyl (C=O) groups excluding carboxylic acids is 2. The summed E-state index contributed by atoms with van der Waals surface area (Å²) in [6, 6.07) is 0.366. The number of ketones is 1. The molecule has 2 aliphatic rings. The smallest absolute Gasteiger partial charge is 0.236 e. The van der Waals surface area contributed by atoms with Crippen molar-refractivity contribution in [2.45, 2.75) is 25.3 Å². The number of piperidine rings is 1. The highest BCUT2D eigenvalue weighted by molar-refractivity contribution is 5.84. The van der Waals surface area contributed by atoms with Gasteiger partial charge in [-0.15, -0.1) is 0 Å². The van der Waals surface area contributed by atoms with E-state index in [1.165, 1.54) is 0 Å². The van der Waals surface area contributed by atoms with Crippen LogP contribution in [0.3, 0.4) is 0 Å². The predicted octanol–water partition coefficient (Wildman–Crippen LogP) is -0.101. The summed E-state index contributed by atoms with van der Waals surface area (Å²) in [4.78, 5) is 27.0. The molecule has 1 unspecified atom stereocenters. The molecule has 2 heterocycles. The Morgan fingerprint density at radius 3 is 2.76 bits per heavy atom. The number of amides is 1. The third kappa shape index (κ3) is 3.26. The molecular formula is C12H20N2O3. The Morgan fingerprint density at radius 1 is 1.47 bits per heavy atom. The minimum Gasteiger partial charge on any atom is -0.380 e. The van der Waals surface area contributed by atoms with Crippen LogP contribution in [0.1, 0.15) is 19.3 Å². The van der Waals surface area contributed by atoms with Crippen LogP contribution in [0.5, 0.6) is 0 Å². The van der Waals surface area contributed by atoms with Gasteiger partial charge < -0.3 is 9.64 Å². The Hall–Kier alpha value is -0.940. The van der Waals surface area contributed by atoms with Crippen molar-refractivity contribution in [3.05, 3.63) is 0 Å². The van der Waals surface area contributed by atoms with Crippen molar-refractivity contribution in [1.82, 2.24) is 9.80 Å². The van der Waals surface area contributed by atoms with Gasteiger partial charge in [-0.25, -0.2) is 0 Å². The molecule has 2 saturated heterocycles. The Bertz CT molecular complexity index is 290. The van der Waals surface area contributed by atoms with E-state index in [0.29, 0.717) is 38.5 Å². The number of carbonyl (C=O) groups is 2. The topological polar surface area (TPSA) is 49.9 Å². The predicted molar refractivity (Wildman–Crippen MR) is 62.7 cm³/mol. The summed E-state index contributed by atoms with van der Waals surface area (Å²) in [7, 11) is 1.96. The quantitative estimate of drug-likeness (QED) is 0.691. The standard InChI is InChI=1S/C12H20N2O3/c1-13(10-4-7-17-9-10)8-12(16)14-5-2-11(15)3-6-14/h10H,2-9H2,1H3. The van der Waals surface area contributed by atoms with E-state index in [4.69, 9.17) is 4.74 Å². The molecule has 2 rings (SSSR count). The zero-order valence-corrected chi connectivity index (χ0v) is 10.4. The van der Waals surface area contributed by atoms with Gasteiger partial charge in [-0.1, -0.05) is 0 Å². The van der Waals surface area contributed by atoms with Gasteiger partial charge in [0.15, 0.2) is 0 Å². The lowest BCUT2D eigenvalue weighted by atomic mass is 10.1. The normalized spacial score (nSPS) is 25.6. The molecule has 0 aromatic heterocycles. The van der Waals surface area contributed by atoms with Crippen LogP contribution in [0, 0.1) is 0 Å². The van der Waals surface area contributed by atoms with Gasteiger partial charge in [0.2, 0.25) is 5.91 Å². The van der Waals surface area contributed by atoms with E-state index in [1.807, 2.05) is 7.05 Å². The molecule has 0 radical (unpaired) electrons. The summed E-state index contributed by atoms with van der Waals surface area (Å²) in [6.07, 6.45) is 2.03. The average Bonchev–Trinajstić information content (AvgIpc) is 2.83. The van der Waals surface area contributed by atoms with Gasteiger partial charge in [-0.2, -0.15) is 0 Å². The first kappa shape index (κ1) is 12.5. The number of likely N-dealkylation sites (tertiary alicyclic amines) is 1. The second-order valence-electron chi connectivity index (χ2n) is 4.85. The molecule has 0 aliphatic carbocycles. The van der Waals surface area contributed by atoms with Crippen LogP contribution in [-0.2, 0) is 14.3 Å². The van der Waals surface area contributed by atoms with Crippen molar-refractivity contribution in [3.8, 4) is 0 Å². The average molecular weight is 240 g/mol. The molecule has 0 spiro atoms. The van der Waals surface area contributed by atoms with E-state index < -0.39 is 0 Å². The number of Topliss-reactive ketones (excluding diaryl/α,β-unsaturated/α-hetero) is 1. The van der Waals surface area contributed by atoms with Gasteiger partial charge in [0.25, 0.3) is 0 Å². The molecular weight excluding hydrogens is 220 g/mol. The maximum Gasteiger partial charge on any atom is 0.236 e. The van der Waals surface area contributed by atoms with Crippen LogP contribution in [0.15, 0.2) is 0 Å². The van der Waals surface area contributed by atoms with Crippen LogP contribution < -0.4 is 0 Å². The number of hydrogen-bond donors (Lipinski definition) is 0. The Kier molecular flexibility index (Phi) is 4.12. The van der Waals surface area contributed by atoms with Gasteiger partial charge in [-0.3, -0.25) is 14.5 Å². The fraction of sp³-hybridized carbons (Fsp3) is 0.833. The molecule has 0 aromatic carbocycles. The minimum atomic E-state index is 0.131. The van der Waals surface area contributed by atoms with Crippen LogP contribution >= 0.6 is 0 Å². The van der Waals surface area contributed by atoms with Crippen molar-refractivity contribution >= 4 is 11.7 Å². The van der Waals surface area contributed by atoms with E-state index in [0.717, 1.165) is 19.6 Å². The summed E-state index contributed by atoms with van der Waals surface area (Å²) in [5.41, 5.74) is 0. The molecule has 1 atom stereocenters. The molecule has 0 N–H and O–H groups in total. The maximum absolute atomic E-state index is 12.0. The molecule has 2 aliphatic heterocycles. The van der Waals surface area contributed by atoms with E-state index in [-0.39, 0.29) is 11.7 Å². The highest BCUT2D eigenvalue weighted by atomic mass is 16.5. The zero-order chi connectivity index (χ0) is 12.3. The van der Waals surface area contributed by atoms with Crippen molar-refractivity contribution < 1.29 is 14.3 Å². The third-order valence-corrected chi connectivity index (χ3v) is 3.59. The van der Waals surface area contributed by atoms with Crippen LogP contribution in [0.25, 0.3) is 0 Å². The number of likely N-dealkylation sites (N-methyl/N-ethyl adjacent to an activating group) is 1. The van der Waals surface area contributed by atoms with Gasteiger partial charge in [0, 0.05) is 38.6 Å². The van der Waals surface area contributed by atoms with Crippen molar-refractivity contribution in [2.24, 2.45) is 0 Å². The van der Waals surface area contributed by atoms with Crippen LogP contribution in [-0.4, -0.2) is 67.4 Å². The molecule has 5 heteroatoms. The van der Waals surface area contributed by atoms with Crippen molar-refractivity contribution in [2.75, 3.05) is 39.9 Å². The molecule has 2 fully saturated rings. The first-order chi connectivity index (χ1) is 8.16. The fourth-order valence-electron chi connectivity index (χ4n) is 2.32. The fourth-order valence-corrected chi connectivity index (χ4v) is 2.32. The Labute approximate surface area is 102 Å². The molecule has 5 nitrogen and oxygen atoms in total. The number of nitrogens with zero attached hydrogens (tertiary/aromatic N) is 2. The van der Waals surface area contributed by atoms with Crippen LogP contribution in [0.2, 0.25) is 0 Å². The third-order valence-electron chi connectivity index (χ3n) is 3.59. The summed E-state index contributed by atoms with van der Waals surface area (Å²) in [5.74, 6) is 0.401. The Morgan fingerprint density at radius 2 is 2.18 bits per heavy atom. The van der Waals surface area contributed by atoms with E-state index in [9.17, 15) is 9.59 Å². The lowest BCUT2D eigenvalue weighted by Gasteiger charge is -2.29. The lowest BCUT2D eigenvalue weighted by Crippen LogP contribution is -2.45. The highest BCUT2D eigenvalue weighted by Gasteiger charge is 2.25. The van der Waals surface area contributed by atoms with Crippen LogP contribution in [0.4, 0.5) is 0 Å². The Balaban J connectivity index is 1.77. The van der Waals surface area contributed by atoms with Gasteiger partial charge in [-0.05, 0) is 13.5 Å². The molecule has 0 saturated carbocycles. The molecule has 17 heavy (non-hydrogen) atoms. The largest absolute Gasteiger partial charge is 0.380 e. The molecule has 1 amide bonds. The van der Waals surface area contributed by atoms with E-state index in [1.54, 1.807) is 4.90 Å². The second-order valence-corrected chi connectivity index (χ2v) is 4.85. The zero-order valence-electron chi connectivity index (χ0n) is 10.4.